The van der Waals surface area contributed by atoms with Crippen LogP contribution in [-0.2, 0) is 0 Å². The van der Waals surface area contributed by atoms with Gasteiger partial charge in [0.05, 0.1) is 0 Å². The summed E-state index contributed by atoms with van der Waals surface area (Å²) in [6, 6.07) is 49.6. The van der Waals surface area contributed by atoms with E-state index in [0.29, 0.717) is 11.8 Å². The molecule has 0 bridgehead atoms. The fourth-order valence-corrected chi connectivity index (χ4v) is 7.83. The second kappa shape index (κ2) is 10.00. The Labute approximate surface area is 248 Å². The number of rotatable bonds is 5. The summed E-state index contributed by atoms with van der Waals surface area (Å²) in [5, 5.41) is 5.21. The second-order valence-corrected chi connectivity index (χ2v) is 12.1. The normalized spacial score (nSPS) is 17.8. The van der Waals surface area contributed by atoms with E-state index in [-0.39, 0.29) is 0 Å². The summed E-state index contributed by atoms with van der Waals surface area (Å²) in [7, 11) is 0. The van der Waals surface area contributed by atoms with E-state index in [1.165, 1.54) is 77.2 Å². The zero-order valence-electron chi connectivity index (χ0n) is 24.3. The molecule has 6 aromatic rings. The lowest BCUT2D eigenvalue weighted by atomic mass is 9.84. The van der Waals surface area contributed by atoms with Crippen molar-refractivity contribution >= 4 is 32.7 Å². The minimum absolute atomic E-state index is 0.437. The fraction of sp³-hybridized carbons (Fsp3) is 0.143. The van der Waals surface area contributed by atoms with E-state index in [1.54, 1.807) is 0 Å². The zero-order valence-corrected chi connectivity index (χ0v) is 24.3. The van der Waals surface area contributed by atoms with E-state index in [2.05, 4.69) is 147 Å². The van der Waals surface area contributed by atoms with Crippen molar-refractivity contribution < 1.29 is 0 Å². The van der Waals surface area contributed by atoms with Crippen LogP contribution in [0.5, 0.6) is 0 Å². The number of hydrogen-bond donors (Lipinski definition) is 0. The third kappa shape index (κ3) is 3.97. The highest BCUT2D eigenvalue weighted by Gasteiger charge is 2.33. The van der Waals surface area contributed by atoms with Gasteiger partial charge >= 0.3 is 0 Å². The van der Waals surface area contributed by atoms with Gasteiger partial charge in [0.25, 0.3) is 0 Å². The van der Waals surface area contributed by atoms with Crippen LogP contribution in [0.2, 0.25) is 0 Å². The van der Waals surface area contributed by atoms with Gasteiger partial charge in [-0.15, -0.1) is 0 Å². The highest BCUT2D eigenvalue weighted by molar-refractivity contribution is 5.95. The van der Waals surface area contributed by atoms with Crippen LogP contribution in [-0.4, -0.2) is 0 Å². The molecule has 0 nitrogen and oxygen atoms in total. The van der Waals surface area contributed by atoms with Crippen LogP contribution in [0.1, 0.15) is 71.9 Å². The van der Waals surface area contributed by atoms with E-state index in [1.807, 2.05) is 0 Å². The summed E-state index contributed by atoms with van der Waals surface area (Å²) in [5.74, 6) is 0.875. The molecule has 2 atom stereocenters. The van der Waals surface area contributed by atoms with E-state index >= 15 is 0 Å². The van der Waals surface area contributed by atoms with Crippen molar-refractivity contribution in [3.63, 3.8) is 0 Å². The molecule has 0 saturated heterocycles. The monoisotopic (exact) mass is 538 g/mol. The molecule has 2 aliphatic rings. The number of hydrogen-bond acceptors (Lipinski definition) is 0. The van der Waals surface area contributed by atoms with Crippen LogP contribution in [0, 0.1) is 0 Å². The van der Waals surface area contributed by atoms with E-state index in [4.69, 9.17) is 0 Å². The summed E-state index contributed by atoms with van der Waals surface area (Å²) in [5.41, 5.74) is 14.3. The van der Waals surface area contributed by atoms with Gasteiger partial charge in [-0.3, -0.25) is 0 Å². The Kier molecular flexibility index (Phi) is 5.97. The van der Waals surface area contributed by atoms with Gasteiger partial charge in [-0.05, 0) is 105 Å². The lowest BCUT2D eigenvalue weighted by molar-refractivity contribution is 0.611. The average Bonchev–Trinajstić information content (AvgIpc) is 3.48. The smallest absolute Gasteiger partial charge is 0.00613 e. The van der Waals surface area contributed by atoms with E-state index in [0.717, 1.165) is 12.8 Å². The van der Waals surface area contributed by atoms with E-state index < -0.39 is 0 Å². The topological polar surface area (TPSA) is 0 Å². The largest absolute Gasteiger partial charge is 0.0619 e. The second-order valence-electron chi connectivity index (χ2n) is 12.1. The van der Waals surface area contributed by atoms with Gasteiger partial charge in [0.2, 0.25) is 0 Å². The summed E-state index contributed by atoms with van der Waals surface area (Å²) >= 11 is 0. The molecule has 2 aliphatic carbocycles. The maximum atomic E-state index is 2.38. The van der Waals surface area contributed by atoms with Crippen molar-refractivity contribution in [3.8, 4) is 0 Å². The molecule has 202 valence electrons. The van der Waals surface area contributed by atoms with Crippen molar-refractivity contribution in [2.24, 2.45) is 0 Å². The highest BCUT2D eigenvalue weighted by Crippen LogP contribution is 2.51. The molecular weight excluding hydrogens is 504 g/mol. The number of fused-ring (bicyclic) bond motifs is 4. The summed E-state index contributed by atoms with van der Waals surface area (Å²) in [6.45, 7) is 4.75. The minimum Gasteiger partial charge on any atom is -0.0619 e. The van der Waals surface area contributed by atoms with Crippen LogP contribution in [0.15, 0.2) is 145 Å². The van der Waals surface area contributed by atoms with Gasteiger partial charge in [-0.25, -0.2) is 0 Å². The lowest BCUT2D eigenvalue weighted by Gasteiger charge is -2.19. The summed E-state index contributed by atoms with van der Waals surface area (Å²) < 4.78 is 0. The number of allylic oxidation sites excluding steroid dienone is 2. The van der Waals surface area contributed by atoms with Crippen LogP contribution in [0.25, 0.3) is 32.7 Å². The number of benzene rings is 6. The standard InChI is InChI=1S/C42H34/c1-27-35(37-15-7-9-17-39(37)41(27)33-21-19-29-11-3-5-13-31(29)25-33)23-24-36-28(2)42(40-18-10-8-16-38(36)40)34-22-20-30-12-4-6-14-32(30)26-34/h3-22,25-26,35-36H,23-24H2,1-2H3. The molecule has 0 fully saturated rings. The molecule has 0 aromatic heterocycles. The molecule has 0 aliphatic heterocycles. The predicted octanol–water partition coefficient (Wildman–Crippen LogP) is 11.3. The molecule has 0 radical (unpaired) electrons. The molecule has 0 heterocycles. The van der Waals surface area contributed by atoms with Gasteiger partial charge in [-0.1, -0.05) is 132 Å². The molecule has 0 amide bonds. The van der Waals surface area contributed by atoms with Gasteiger partial charge < -0.3 is 0 Å². The Hall–Kier alpha value is -4.68. The first-order chi connectivity index (χ1) is 20.7. The van der Waals surface area contributed by atoms with Crippen LogP contribution >= 0.6 is 0 Å². The van der Waals surface area contributed by atoms with Crippen molar-refractivity contribution in [3.05, 3.63) is 178 Å². The predicted molar refractivity (Wildman–Crippen MR) is 179 cm³/mol. The van der Waals surface area contributed by atoms with Gasteiger partial charge in [0, 0.05) is 11.8 Å². The van der Waals surface area contributed by atoms with Crippen molar-refractivity contribution in [1.29, 1.82) is 0 Å². The first kappa shape index (κ1) is 25.1. The average molecular weight is 539 g/mol. The summed E-state index contributed by atoms with van der Waals surface area (Å²) in [6.07, 6.45) is 2.28. The van der Waals surface area contributed by atoms with Crippen molar-refractivity contribution in [2.45, 2.75) is 38.5 Å². The molecule has 0 spiro atoms. The van der Waals surface area contributed by atoms with Crippen LogP contribution in [0.4, 0.5) is 0 Å². The lowest BCUT2D eigenvalue weighted by Crippen LogP contribution is -2.03. The molecule has 42 heavy (non-hydrogen) atoms. The Morgan fingerprint density at radius 2 is 0.786 bits per heavy atom. The molecule has 8 rings (SSSR count). The molecule has 6 aromatic carbocycles. The molecule has 2 unspecified atom stereocenters. The summed E-state index contributed by atoms with van der Waals surface area (Å²) in [4.78, 5) is 0. The first-order valence-electron chi connectivity index (χ1n) is 15.3. The zero-order chi connectivity index (χ0) is 28.2. The Bertz CT molecular complexity index is 1920. The maximum Gasteiger partial charge on any atom is 0.00613 e. The third-order valence-corrected chi connectivity index (χ3v) is 9.87. The van der Waals surface area contributed by atoms with Crippen molar-refractivity contribution in [2.75, 3.05) is 0 Å². The molecular formula is C42H34. The van der Waals surface area contributed by atoms with E-state index in [9.17, 15) is 0 Å². The SMILES string of the molecule is CC1=C(c2ccc3ccccc3c2)c2ccccc2C1CCC1C(C)=C(c2ccc3ccccc3c2)c2ccccc21. The Morgan fingerprint density at radius 1 is 0.405 bits per heavy atom. The first-order valence-corrected chi connectivity index (χ1v) is 15.3. The fourth-order valence-electron chi connectivity index (χ4n) is 7.83. The minimum atomic E-state index is 0.437. The molecule has 0 heteroatoms. The van der Waals surface area contributed by atoms with Gasteiger partial charge in [-0.2, -0.15) is 0 Å². The Balaban J connectivity index is 1.16. The third-order valence-electron chi connectivity index (χ3n) is 9.87. The van der Waals surface area contributed by atoms with Gasteiger partial charge in [0.15, 0.2) is 0 Å². The Morgan fingerprint density at radius 3 is 1.24 bits per heavy atom. The highest BCUT2D eigenvalue weighted by atomic mass is 14.4. The quantitative estimate of drug-likeness (QED) is 0.205. The molecule has 0 N–H and O–H groups in total. The van der Waals surface area contributed by atoms with Crippen molar-refractivity contribution in [1.82, 2.24) is 0 Å². The van der Waals surface area contributed by atoms with Crippen LogP contribution in [0.3, 0.4) is 0 Å². The molecule has 0 saturated carbocycles. The van der Waals surface area contributed by atoms with Gasteiger partial charge in [0.1, 0.15) is 0 Å². The van der Waals surface area contributed by atoms with Crippen LogP contribution < -0.4 is 0 Å². The maximum absolute atomic E-state index is 2.38.